The van der Waals surface area contributed by atoms with Crippen molar-refractivity contribution in [2.45, 2.75) is 71.5 Å². The molecule has 0 amide bonds. The van der Waals surface area contributed by atoms with Crippen LogP contribution in [0.2, 0.25) is 0 Å². The van der Waals surface area contributed by atoms with E-state index in [0.29, 0.717) is 44.0 Å². The summed E-state index contributed by atoms with van der Waals surface area (Å²) in [6, 6.07) is 0. The van der Waals surface area contributed by atoms with Crippen LogP contribution in [0, 0.1) is 0 Å². The molecule has 1 aliphatic carbocycles. The Bertz CT molecular complexity index is 812. The van der Waals surface area contributed by atoms with Crippen molar-refractivity contribution < 1.29 is 52.3 Å². The van der Waals surface area contributed by atoms with E-state index in [4.69, 9.17) is 28.4 Å². The Hall–Kier alpha value is -3.02. The molecule has 11 heteroatoms. The Morgan fingerprint density at radius 2 is 1.36 bits per heavy atom. The summed E-state index contributed by atoms with van der Waals surface area (Å²) < 4.78 is 34.2. The number of esters is 4. The third-order valence-electron chi connectivity index (χ3n) is 5.12. The molecule has 0 N–H and O–H groups in total. The molecule has 2 rings (SSSR count). The van der Waals surface area contributed by atoms with Crippen molar-refractivity contribution in [3.8, 4) is 0 Å². The maximum atomic E-state index is 11.0. The number of cyclic esters (lactones) is 1. The van der Waals surface area contributed by atoms with Crippen LogP contribution in [0.4, 0.5) is 0 Å². The molecule has 0 radical (unpaired) electrons. The van der Waals surface area contributed by atoms with Gasteiger partial charge in [0.15, 0.2) is 6.79 Å². The van der Waals surface area contributed by atoms with Gasteiger partial charge in [-0.25, -0.2) is 19.2 Å². The molecule has 0 spiro atoms. The maximum absolute atomic E-state index is 11.0. The van der Waals surface area contributed by atoms with Gasteiger partial charge >= 0.3 is 23.9 Å². The standard InChI is InChI=1S/C11H18O3.C9H16O4.C8H10O4/c1-9(2)11(12)14-8-13-10-6-4-3-5-7-10;1-8(2)9(10)13-7-6-12-5-4-11-3;1-5(2)7(9)12-6-3-4-11-8(6)10/h10H,1,3-8H2,2H3;1,4-7H2,2-3H3;6H,1,3-4H2,2H3. The van der Waals surface area contributed by atoms with Gasteiger partial charge in [0.2, 0.25) is 6.10 Å². The summed E-state index contributed by atoms with van der Waals surface area (Å²) >= 11 is 0. The molecule has 0 aromatic carbocycles. The second kappa shape index (κ2) is 21.9. The van der Waals surface area contributed by atoms with Gasteiger partial charge in [0, 0.05) is 30.2 Å². The van der Waals surface area contributed by atoms with Crippen molar-refractivity contribution in [2.75, 3.05) is 46.9 Å². The van der Waals surface area contributed by atoms with Crippen molar-refractivity contribution in [2.24, 2.45) is 0 Å². The first kappa shape index (κ1) is 36.0. The normalized spacial score (nSPS) is 16.3. The van der Waals surface area contributed by atoms with Crippen LogP contribution in [-0.4, -0.2) is 83.0 Å². The molecule has 39 heavy (non-hydrogen) atoms. The summed E-state index contributed by atoms with van der Waals surface area (Å²) in [5.74, 6) is -1.76. The second-order valence-electron chi connectivity index (χ2n) is 8.91. The van der Waals surface area contributed by atoms with Crippen molar-refractivity contribution in [1.82, 2.24) is 0 Å². The molecule has 11 nitrogen and oxygen atoms in total. The molecule has 222 valence electrons. The van der Waals surface area contributed by atoms with Gasteiger partial charge in [-0.3, -0.25) is 0 Å². The van der Waals surface area contributed by atoms with Crippen LogP contribution in [0.5, 0.6) is 0 Å². The first-order valence-electron chi connectivity index (χ1n) is 12.9. The van der Waals surface area contributed by atoms with E-state index in [0.717, 1.165) is 12.8 Å². The number of hydrogen-bond donors (Lipinski definition) is 0. The highest BCUT2D eigenvalue weighted by Crippen LogP contribution is 2.20. The van der Waals surface area contributed by atoms with Crippen molar-refractivity contribution >= 4 is 23.9 Å². The lowest BCUT2D eigenvalue weighted by Crippen LogP contribution is -2.22. The zero-order chi connectivity index (χ0) is 29.6. The van der Waals surface area contributed by atoms with Crippen LogP contribution in [0.15, 0.2) is 36.5 Å². The molecule has 0 aromatic heterocycles. The van der Waals surface area contributed by atoms with E-state index in [1.807, 2.05) is 0 Å². The molecule has 1 saturated carbocycles. The van der Waals surface area contributed by atoms with E-state index >= 15 is 0 Å². The van der Waals surface area contributed by atoms with Gasteiger partial charge in [-0.1, -0.05) is 39.0 Å². The van der Waals surface area contributed by atoms with Gasteiger partial charge in [-0.2, -0.15) is 0 Å². The van der Waals surface area contributed by atoms with Crippen LogP contribution in [0.1, 0.15) is 59.3 Å². The maximum Gasteiger partial charge on any atom is 0.347 e. The van der Waals surface area contributed by atoms with E-state index in [2.05, 4.69) is 24.5 Å². The third kappa shape index (κ3) is 18.8. The number of hydrogen-bond acceptors (Lipinski definition) is 11. The van der Waals surface area contributed by atoms with Crippen LogP contribution >= 0.6 is 0 Å². The fraction of sp³-hybridized carbons (Fsp3) is 0.643. The summed E-state index contributed by atoms with van der Waals surface area (Å²) in [7, 11) is 1.60. The van der Waals surface area contributed by atoms with E-state index in [1.165, 1.54) is 26.2 Å². The van der Waals surface area contributed by atoms with Crippen LogP contribution < -0.4 is 0 Å². The van der Waals surface area contributed by atoms with Gasteiger partial charge < -0.3 is 33.2 Å². The number of carbonyl (C=O) groups is 4. The topological polar surface area (TPSA) is 133 Å². The number of carbonyl (C=O) groups excluding carboxylic acids is 4. The minimum absolute atomic E-state index is 0.0658. The van der Waals surface area contributed by atoms with Gasteiger partial charge in [-0.05, 0) is 33.6 Å². The zero-order valence-electron chi connectivity index (χ0n) is 23.8. The van der Waals surface area contributed by atoms with Crippen LogP contribution in [-0.2, 0) is 52.3 Å². The molecule has 0 bridgehead atoms. The summed E-state index contributed by atoms with van der Waals surface area (Å²) in [4.78, 5) is 43.5. The molecule has 1 aliphatic heterocycles. The van der Waals surface area contributed by atoms with Crippen molar-refractivity contribution in [3.63, 3.8) is 0 Å². The minimum atomic E-state index is -0.728. The Labute approximate surface area is 231 Å². The zero-order valence-corrected chi connectivity index (χ0v) is 23.8. The van der Waals surface area contributed by atoms with E-state index in [9.17, 15) is 19.2 Å². The van der Waals surface area contributed by atoms with Gasteiger partial charge in [0.05, 0.1) is 32.5 Å². The molecule has 1 unspecified atom stereocenters. The highest BCUT2D eigenvalue weighted by Gasteiger charge is 2.30. The molecule has 1 saturated heterocycles. The molecule has 2 fully saturated rings. The minimum Gasteiger partial charge on any atom is -0.463 e. The first-order chi connectivity index (χ1) is 18.5. The van der Waals surface area contributed by atoms with Crippen LogP contribution in [0.25, 0.3) is 0 Å². The average molecular weight is 557 g/mol. The molecule has 2 aliphatic rings. The quantitative estimate of drug-likeness (QED) is 0.108. The van der Waals surface area contributed by atoms with Crippen LogP contribution in [0.3, 0.4) is 0 Å². The summed E-state index contributed by atoms with van der Waals surface area (Å²) in [5.41, 5.74) is 1.10. The lowest BCUT2D eigenvalue weighted by molar-refractivity contribution is -0.157. The van der Waals surface area contributed by atoms with E-state index in [-0.39, 0.29) is 37.0 Å². The molecule has 1 heterocycles. The summed E-state index contributed by atoms with van der Waals surface area (Å²) in [6.07, 6.45) is 5.91. The lowest BCUT2D eigenvalue weighted by Gasteiger charge is -2.21. The summed E-state index contributed by atoms with van der Waals surface area (Å²) in [6.45, 7) is 17.2. The van der Waals surface area contributed by atoms with E-state index < -0.39 is 18.0 Å². The lowest BCUT2D eigenvalue weighted by atomic mass is 9.98. The fourth-order valence-corrected chi connectivity index (χ4v) is 2.91. The Balaban J connectivity index is 0.000000557. The fourth-order valence-electron chi connectivity index (χ4n) is 2.91. The summed E-state index contributed by atoms with van der Waals surface area (Å²) in [5, 5.41) is 0. The predicted octanol–water partition coefficient (Wildman–Crippen LogP) is 3.60. The number of ether oxygens (including phenoxy) is 7. The Morgan fingerprint density at radius 1 is 0.795 bits per heavy atom. The van der Waals surface area contributed by atoms with Gasteiger partial charge in [0.1, 0.15) is 6.61 Å². The monoisotopic (exact) mass is 556 g/mol. The SMILES string of the molecule is C=C(C)C(=O)OC1CCOC1=O.C=C(C)C(=O)OCCOCCOC.C=C(C)C(=O)OCOC1CCCCC1. The highest BCUT2D eigenvalue weighted by atomic mass is 16.7. The van der Waals surface area contributed by atoms with Crippen molar-refractivity contribution in [1.29, 1.82) is 0 Å². The van der Waals surface area contributed by atoms with Gasteiger partial charge in [-0.15, -0.1) is 0 Å². The van der Waals surface area contributed by atoms with Gasteiger partial charge in [0.25, 0.3) is 0 Å². The number of methoxy groups -OCH3 is 1. The number of rotatable bonds is 13. The van der Waals surface area contributed by atoms with Crippen molar-refractivity contribution in [3.05, 3.63) is 36.5 Å². The smallest absolute Gasteiger partial charge is 0.347 e. The average Bonchev–Trinajstić information content (AvgIpc) is 3.31. The van der Waals surface area contributed by atoms with E-state index in [1.54, 1.807) is 21.0 Å². The molecular formula is C28H44O11. The second-order valence-corrected chi connectivity index (χ2v) is 8.91. The highest BCUT2D eigenvalue weighted by molar-refractivity contribution is 5.89. The largest absolute Gasteiger partial charge is 0.463 e. The Morgan fingerprint density at radius 3 is 1.87 bits per heavy atom. The molecular weight excluding hydrogens is 512 g/mol. The molecule has 1 atom stereocenters. The molecule has 0 aromatic rings. The first-order valence-corrected chi connectivity index (χ1v) is 12.9. The Kier molecular flexibility index (Phi) is 20.2. The third-order valence-corrected chi connectivity index (χ3v) is 5.12. The predicted molar refractivity (Wildman–Crippen MR) is 142 cm³/mol.